The van der Waals surface area contributed by atoms with Gasteiger partial charge in [-0.1, -0.05) is 36.4 Å². The Kier molecular flexibility index (Phi) is 6.38. The standard InChI is InChI=1S/C12H8N4.2ClH/c13-15-11-8-4-7-10(12(11)16-14)9-5-2-1-3-6-9;;/h1-8H;2*1H/q+2;;/p-2. The fourth-order valence-electron chi connectivity index (χ4n) is 1.57. The van der Waals surface area contributed by atoms with Crippen molar-refractivity contribution in [2.45, 2.75) is 0 Å². The second-order valence-corrected chi connectivity index (χ2v) is 3.24. The quantitative estimate of drug-likeness (QED) is 0.586. The van der Waals surface area contributed by atoms with Gasteiger partial charge in [0.15, 0.2) is 9.95 Å². The van der Waals surface area contributed by atoms with Crippen LogP contribution in [0, 0.1) is 10.8 Å². The molecule has 0 aliphatic heterocycles. The lowest BCUT2D eigenvalue weighted by Gasteiger charge is -1.95. The van der Waals surface area contributed by atoms with Crippen LogP contribution in [0.25, 0.3) is 21.1 Å². The summed E-state index contributed by atoms with van der Waals surface area (Å²) in [6.07, 6.45) is 0. The van der Waals surface area contributed by atoms with Crippen molar-refractivity contribution in [3.05, 3.63) is 58.5 Å². The highest BCUT2D eigenvalue weighted by molar-refractivity contribution is 5.87. The number of hydrogen-bond donors (Lipinski definition) is 0. The van der Waals surface area contributed by atoms with E-state index in [4.69, 9.17) is 10.8 Å². The van der Waals surface area contributed by atoms with Crippen molar-refractivity contribution in [3.8, 4) is 11.1 Å². The molecular formula is C12H8Cl2N4. The third-order valence-corrected chi connectivity index (χ3v) is 2.31. The lowest BCUT2D eigenvalue weighted by atomic mass is 10.0. The summed E-state index contributed by atoms with van der Waals surface area (Å²) in [6.45, 7) is 0. The van der Waals surface area contributed by atoms with Crippen molar-refractivity contribution < 1.29 is 24.8 Å². The van der Waals surface area contributed by atoms with Gasteiger partial charge in [-0.3, -0.25) is 0 Å². The molecule has 0 heterocycles. The predicted octanol–water partition coefficient (Wildman–Crippen LogP) is -1.67. The summed E-state index contributed by atoms with van der Waals surface area (Å²) in [5, 5.41) is 17.7. The predicted molar refractivity (Wildman–Crippen MR) is 61.4 cm³/mol. The minimum absolute atomic E-state index is 0. The van der Waals surface area contributed by atoms with Crippen molar-refractivity contribution in [1.29, 1.82) is 10.8 Å². The molecule has 0 spiro atoms. The number of halogens is 2. The van der Waals surface area contributed by atoms with E-state index >= 15 is 0 Å². The molecule has 0 N–H and O–H groups in total. The molecule has 0 saturated heterocycles. The zero-order chi connectivity index (χ0) is 11.4. The fraction of sp³-hybridized carbons (Fsp3) is 0. The minimum atomic E-state index is 0. The van der Waals surface area contributed by atoms with E-state index in [2.05, 4.69) is 9.95 Å². The van der Waals surface area contributed by atoms with Crippen LogP contribution < -0.4 is 24.8 Å². The van der Waals surface area contributed by atoms with Crippen LogP contribution in [0.4, 0.5) is 11.4 Å². The topological polar surface area (TPSA) is 56.3 Å². The second-order valence-electron chi connectivity index (χ2n) is 3.24. The number of nitrogens with zero attached hydrogens (tertiary/aromatic N) is 4. The summed E-state index contributed by atoms with van der Waals surface area (Å²) < 4.78 is 0. The Hall–Kier alpha value is -2.14. The van der Waals surface area contributed by atoms with Crippen LogP contribution in [0.5, 0.6) is 0 Å². The van der Waals surface area contributed by atoms with Gasteiger partial charge in [0.2, 0.25) is 10.8 Å². The molecule has 0 aliphatic rings. The largest absolute Gasteiger partial charge is 1.00 e. The van der Waals surface area contributed by atoms with Crippen LogP contribution in [0.1, 0.15) is 0 Å². The van der Waals surface area contributed by atoms with Crippen LogP contribution >= 0.6 is 0 Å². The number of benzene rings is 2. The van der Waals surface area contributed by atoms with Gasteiger partial charge in [-0.15, -0.1) is 0 Å². The highest BCUT2D eigenvalue weighted by Gasteiger charge is 2.30. The Morgan fingerprint density at radius 2 is 1.39 bits per heavy atom. The average Bonchev–Trinajstić information content (AvgIpc) is 2.38. The number of diazo groups is 2. The molecule has 0 unspecified atom stereocenters. The SMILES string of the molecule is N#[N+]c1cccc(-c2ccccc2)c1[N+]#N.[Cl-].[Cl-]. The van der Waals surface area contributed by atoms with Crippen LogP contribution in [-0.2, 0) is 0 Å². The summed E-state index contributed by atoms with van der Waals surface area (Å²) in [5.41, 5.74) is 2.12. The van der Waals surface area contributed by atoms with E-state index in [1.807, 2.05) is 30.3 Å². The molecule has 0 bridgehead atoms. The van der Waals surface area contributed by atoms with Crippen LogP contribution in [0.3, 0.4) is 0 Å². The summed E-state index contributed by atoms with van der Waals surface area (Å²) in [7, 11) is 0. The third kappa shape index (κ3) is 2.95. The van der Waals surface area contributed by atoms with E-state index < -0.39 is 0 Å². The molecule has 0 atom stereocenters. The van der Waals surface area contributed by atoms with Crippen LogP contribution in [-0.4, -0.2) is 0 Å². The lowest BCUT2D eigenvalue weighted by Crippen LogP contribution is -3.00. The van der Waals surface area contributed by atoms with Gasteiger partial charge in [0, 0.05) is 6.07 Å². The first-order valence-corrected chi connectivity index (χ1v) is 4.75. The highest BCUT2D eigenvalue weighted by Crippen LogP contribution is 2.38. The average molecular weight is 279 g/mol. The fourth-order valence-corrected chi connectivity index (χ4v) is 1.57. The summed E-state index contributed by atoms with van der Waals surface area (Å²) in [5.74, 6) is 0. The zero-order valence-electron chi connectivity index (χ0n) is 9.16. The molecule has 2 rings (SSSR count). The van der Waals surface area contributed by atoms with E-state index in [-0.39, 0.29) is 36.2 Å². The monoisotopic (exact) mass is 278 g/mol. The van der Waals surface area contributed by atoms with Crippen molar-refractivity contribution in [2.75, 3.05) is 0 Å². The van der Waals surface area contributed by atoms with Crippen molar-refractivity contribution in [2.24, 2.45) is 0 Å². The molecule has 0 saturated carbocycles. The Bertz CT molecular complexity index is 600. The molecule has 18 heavy (non-hydrogen) atoms. The first-order chi connectivity index (χ1) is 7.86. The molecule has 0 aromatic heterocycles. The van der Waals surface area contributed by atoms with Gasteiger partial charge < -0.3 is 24.8 Å². The molecule has 2 aromatic rings. The van der Waals surface area contributed by atoms with Gasteiger partial charge >= 0.3 is 11.4 Å². The van der Waals surface area contributed by atoms with E-state index in [0.29, 0.717) is 0 Å². The minimum Gasteiger partial charge on any atom is -1.00 e. The van der Waals surface area contributed by atoms with E-state index in [1.165, 1.54) is 0 Å². The van der Waals surface area contributed by atoms with Gasteiger partial charge in [-0.25, -0.2) is 0 Å². The Balaban J connectivity index is 0.00000144. The molecule has 0 aliphatic carbocycles. The Morgan fingerprint density at radius 1 is 0.722 bits per heavy atom. The molecule has 0 fully saturated rings. The van der Waals surface area contributed by atoms with Crippen LogP contribution in [0.15, 0.2) is 48.5 Å². The molecule has 6 heteroatoms. The molecule has 4 nitrogen and oxygen atoms in total. The summed E-state index contributed by atoms with van der Waals surface area (Å²) in [6, 6.07) is 14.6. The number of rotatable bonds is 1. The van der Waals surface area contributed by atoms with Gasteiger partial charge in [-0.05, 0) is 11.6 Å². The maximum absolute atomic E-state index is 8.95. The maximum Gasteiger partial charge on any atom is 0.486 e. The second kappa shape index (κ2) is 7.24. The first-order valence-electron chi connectivity index (χ1n) is 4.75. The van der Waals surface area contributed by atoms with Crippen LogP contribution in [0.2, 0.25) is 0 Å². The van der Waals surface area contributed by atoms with E-state index in [1.54, 1.807) is 18.2 Å². The lowest BCUT2D eigenvalue weighted by molar-refractivity contribution is -0.001000. The first kappa shape index (κ1) is 15.9. The van der Waals surface area contributed by atoms with Gasteiger partial charge in [0.1, 0.15) is 0 Å². The van der Waals surface area contributed by atoms with Gasteiger partial charge in [0.25, 0.3) is 0 Å². The normalized spacial score (nSPS) is 8.11. The van der Waals surface area contributed by atoms with Crippen molar-refractivity contribution in [1.82, 2.24) is 0 Å². The van der Waals surface area contributed by atoms with Gasteiger partial charge in [0.05, 0.1) is 5.56 Å². The Morgan fingerprint density at radius 3 is 1.94 bits per heavy atom. The summed E-state index contributed by atoms with van der Waals surface area (Å²) >= 11 is 0. The Labute approximate surface area is 117 Å². The molecule has 90 valence electrons. The molecule has 0 amide bonds. The molecule has 2 aromatic carbocycles. The highest BCUT2D eigenvalue weighted by atomic mass is 35.5. The summed E-state index contributed by atoms with van der Waals surface area (Å²) in [4.78, 5) is 6.24. The van der Waals surface area contributed by atoms with Gasteiger partial charge in [-0.2, -0.15) is 0 Å². The van der Waals surface area contributed by atoms with E-state index in [9.17, 15) is 0 Å². The zero-order valence-corrected chi connectivity index (χ0v) is 10.7. The maximum atomic E-state index is 8.95. The van der Waals surface area contributed by atoms with Crippen molar-refractivity contribution >= 4 is 11.4 Å². The molecular weight excluding hydrogens is 271 g/mol. The van der Waals surface area contributed by atoms with E-state index in [0.717, 1.165) is 11.1 Å². The number of hydrogen-bond acceptors (Lipinski definition) is 2. The third-order valence-electron chi connectivity index (χ3n) is 2.31. The smallest absolute Gasteiger partial charge is 0.486 e. The molecule has 0 radical (unpaired) electrons. The van der Waals surface area contributed by atoms with Crippen molar-refractivity contribution in [3.63, 3.8) is 0 Å².